The second kappa shape index (κ2) is 8.62. The van der Waals surface area contributed by atoms with Crippen LogP contribution in [0.5, 0.6) is 0 Å². The summed E-state index contributed by atoms with van der Waals surface area (Å²) in [5.41, 5.74) is 2.73. The highest BCUT2D eigenvalue weighted by atomic mass is 32.2. The highest BCUT2D eigenvalue weighted by Crippen LogP contribution is 2.43. The summed E-state index contributed by atoms with van der Waals surface area (Å²) in [5, 5.41) is 6.70. The molecule has 2 aromatic heterocycles. The molecule has 180 valence electrons. The van der Waals surface area contributed by atoms with E-state index in [1.165, 1.54) is 6.20 Å². The van der Waals surface area contributed by atoms with Crippen LogP contribution in [0.2, 0.25) is 0 Å². The van der Waals surface area contributed by atoms with Gasteiger partial charge in [0.05, 0.1) is 18.4 Å². The number of nitrogens with one attached hydrogen (secondary N) is 2. The van der Waals surface area contributed by atoms with Crippen molar-refractivity contribution in [2.45, 2.75) is 25.4 Å². The van der Waals surface area contributed by atoms with Gasteiger partial charge < -0.3 is 14.3 Å². The minimum atomic E-state index is -3.45. The van der Waals surface area contributed by atoms with Crippen molar-refractivity contribution >= 4 is 27.3 Å². The van der Waals surface area contributed by atoms with Crippen molar-refractivity contribution in [1.82, 2.24) is 15.1 Å². The quantitative estimate of drug-likeness (QED) is 0.388. The van der Waals surface area contributed by atoms with Gasteiger partial charge in [-0.3, -0.25) is 9.52 Å². The number of amides is 1. The van der Waals surface area contributed by atoms with Crippen LogP contribution < -0.4 is 10.0 Å². The SMILES string of the molecule is Cc1ccc(-c2noc([C@H]3C[C@@H]3F)n2)cc1NC(=O)c1cnc(-c2cccc(NS(C)(=O)=O)c2)o1. The number of nitrogens with zero attached hydrogens (tertiary/aromatic N) is 3. The molecule has 0 spiro atoms. The number of carbonyl (C=O) groups is 1. The molecule has 1 aliphatic rings. The van der Waals surface area contributed by atoms with Crippen molar-refractivity contribution in [3.8, 4) is 22.8 Å². The van der Waals surface area contributed by atoms with Gasteiger partial charge in [-0.2, -0.15) is 4.98 Å². The lowest BCUT2D eigenvalue weighted by Crippen LogP contribution is -2.12. The molecule has 10 nitrogen and oxygen atoms in total. The Balaban J connectivity index is 1.33. The predicted octanol–water partition coefficient (Wildman–Crippen LogP) is 4.15. The van der Waals surface area contributed by atoms with Crippen LogP contribution in [0, 0.1) is 6.92 Å². The van der Waals surface area contributed by atoms with Gasteiger partial charge in [0.25, 0.3) is 5.91 Å². The number of aryl methyl sites for hydroxylation is 1. The van der Waals surface area contributed by atoms with Gasteiger partial charge in [0.2, 0.25) is 33.4 Å². The number of hydrogen-bond donors (Lipinski definition) is 2. The second-order valence-electron chi connectivity index (χ2n) is 8.28. The Morgan fingerprint density at radius 1 is 1.17 bits per heavy atom. The molecule has 35 heavy (non-hydrogen) atoms. The summed E-state index contributed by atoms with van der Waals surface area (Å²) in [6.45, 7) is 1.82. The summed E-state index contributed by atoms with van der Waals surface area (Å²) in [4.78, 5) is 21.2. The summed E-state index contributed by atoms with van der Waals surface area (Å²) in [7, 11) is -3.45. The maximum atomic E-state index is 13.3. The molecule has 5 rings (SSSR count). The van der Waals surface area contributed by atoms with Crippen molar-refractivity contribution in [3.63, 3.8) is 0 Å². The molecule has 4 aromatic rings. The van der Waals surface area contributed by atoms with Gasteiger partial charge in [-0.05, 0) is 43.2 Å². The molecule has 0 unspecified atom stereocenters. The minimum absolute atomic E-state index is 0.0316. The maximum Gasteiger partial charge on any atom is 0.293 e. The molecule has 1 fully saturated rings. The summed E-state index contributed by atoms with van der Waals surface area (Å²) < 4.78 is 49.4. The Labute approximate surface area is 199 Å². The average molecular weight is 498 g/mol. The number of benzene rings is 2. The molecule has 2 heterocycles. The van der Waals surface area contributed by atoms with Crippen LogP contribution >= 0.6 is 0 Å². The standard InChI is InChI=1S/C23H20FN5O5S/c1-12-6-7-13(20-27-23(34-28-20)16-10-17(16)24)9-18(12)26-21(30)19-11-25-22(33-19)14-4-3-5-15(8-14)29-35(2,31)32/h3-9,11,16-17,29H,10H2,1-2H3,(H,26,30)/t16-,17-/m0/s1. The first kappa shape index (κ1) is 22.7. The molecule has 0 saturated heterocycles. The van der Waals surface area contributed by atoms with E-state index in [1.807, 2.05) is 6.92 Å². The minimum Gasteiger partial charge on any atom is -0.431 e. The van der Waals surface area contributed by atoms with Crippen LogP contribution in [-0.2, 0) is 10.0 Å². The number of alkyl halides is 1. The van der Waals surface area contributed by atoms with Gasteiger partial charge >= 0.3 is 0 Å². The first-order valence-electron chi connectivity index (χ1n) is 10.6. The molecular weight excluding hydrogens is 477 g/mol. The highest BCUT2D eigenvalue weighted by molar-refractivity contribution is 7.92. The molecule has 12 heteroatoms. The summed E-state index contributed by atoms with van der Waals surface area (Å²) in [6, 6.07) is 11.7. The molecule has 0 radical (unpaired) electrons. The van der Waals surface area contributed by atoms with Crippen LogP contribution in [0.1, 0.15) is 34.3 Å². The zero-order valence-electron chi connectivity index (χ0n) is 18.6. The Hall–Kier alpha value is -4.06. The van der Waals surface area contributed by atoms with Gasteiger partial charge in [0.1, 0.15) is 6.17 Å². The Morgan fingerprint density at radius 2 is 1.97 bits per heavy atom. The van der Waals surface area contributed by atoms with Crippen molar-refractivity contribution in [3.05, 3.63) is 65.9 Å². The molecule has 1 amide bonds. The van der Waals surface area contributed by atoms with Gasteiger partial charge in [-0.25, -0.2) is 17.8 Å². The topological polar surface area (TPSA) is 140 Å². The molecular formula is C23H20FN5O5S. The fourth-order valence-electron chi connectivity index (χ4n) is 3.44. The smallest absolute Gasteiger partial charge is 0.293 e. The number of carbonyl (C=O) groups excluding carboxylic acids is 1. The number of rotatable bonds is 7. The van der Waals surface area contributed by atoms with Gasteiger partial charge in [-0.1, -0.05) is 23.4 Å². The van der Waals surface area contributed by atoms with Gasteiger partial charge in [0.15, 0.2) is 0 Å². The number of sulfonamides is 1. The molecule has 1 aliphatic carbocycles. The Morgan fingerprint density at radius 3 is 2.71 bits per heavy atom. The lowest BCUT2D eigenvalue weighted by Gasteiger charge is -2.08. The van der Waals surface area contributed by atoms with E-state index in [9.17, 15) is 17.6 Å². The monoisotopic (exact) mass is 497 g/mol. The molecule has 2 N–H and O–H groups in total. The number of oxazole rings is 1. The van der Waals surface area contributed by atoms with E-state index in [2.05, 4.69) is 25.2 Å². The second-order valence-corrected chi connectivity index (χ2v) is 10.0. The number of aromatic nitrogens is 3. The zero-order chi connectivity index (χ0) is 24.7. The molecule has 0 bridgehead atoms. The lowest BCUT2D eigenvalue weighted by atomic mass is 10.1. The van der Waals surface area contributed by atoms with Crippen LogP contribution in [0.4, 0.5) is 15.8 Å². The molecule has 0 aliphatic heterocycles. The van der Waals surface area contributed by atoms with E-state index in [1.54, 1.807) is 42.5 Å². The van der Waals surface area contributed by atoms with Crippen molar-refractivity contribution in [2.75, 3.05) is 16.3 Å². The molecule has 1 saturated carbocycles. The summed E-state index contributed by atoms with van der Waals surface area (Å²) in [5.74, 6) is -0.173. The normalized spacial score (nSPS) is 17.2. The predicted molar refractivity (Wildman–Crippen MR) is 125 cm³/mol. The van der Waals surface area contributed by atoms with E-state index < -0.39 is 22.1 Å². The van der Waals surface area contributed by atoms with E-state index in [0.717, 1.165) is 11.8 Å². The summed E-state index contributed by atoms with van der Waals surface area (Å²) >= 11 is 0. The first-order chi connectivity index (χ1) is 16.7. The number of hydrogen-bond acceptors (Lipinski definition) is 8. The van der Waals surface area contributed by atoms with E-state index in [0.29, 0.717) is 34.7 Å². The van der Waals surface area contributed by atoms with Crippen LogP contribution in [0.15, 0.2) is 57.6 Å². The molecule has 2 aromatic carbocycles. The van der Waals surface area contributed by atoms with E-state index >= 15 is 0 Å². The average Bonchev–Trinajstić information content (AvgIpc) is 3.21. The van der Waals surface area contributed by atoms with Crippen LogP contribution in [-0.4, -0.2) is 41.9 Å². The lowest BCUT2D eigenvalue weighted by molar-refractivity contribution is 0.0997. The summed E-state index contributed by atoms with van der Waals surface area (Å²) in [6.07, 6.45) is 1.78. The van der Waals surface area contributed by atoms with Gasteiger partial charge in [0, 0.05) is 22.5 Å². The van der Waals surface area contributed by atoms with Crippen LogP contribution in [0.3, 0.4) is 0 Å². The Kier molecular flexibility index (Phi) is 5.59. The fraction of sp³-hybridized carbons (Fsp3) is 0.217. The van der Waals surface area contributed by atoms with Crippen molar-refractivity contribution in [1.29, 1.82) is 0 Å². The van der Waals surface area contributed by atoms with Crippen molar-refractivity contribution < 1.29 is 26.5 Å². The number of halogens is 1. The number of anilines is 2. The third-order valence-corrected chi connectivity index (χ3v) is 5.96. The highest BCUT2D eigenvalue weighted by Gasteiger charge is 2.43. The third kappa shape index (κ3) is 5.06. The van der Waals surface area contributed by atoms with Gasteiger partial charge in [-0.15, -0.1) is 0 Å². The van der Waals surface area contributed by atoms with Crippen molar-refractivity contribution in [2.24, 2.45) is 0 Å². The first-order valence-corrected chi connectivity index (χ1v) is 12.5. The van der Waals surface area contributed by atoms with Crippen LogP contribution in [0.25, 0.3) is 22.8 Å². The van der Waals surface area contributed by atoms with E-state index in [-0.39, 0.29) is 23.5 Å². The van der Waals surface area contributed by atoms with E-state index in [4.69, 9.17) is 8.94 Å². The maximum absolute atomic E-state index is 13.3. The fourth-order valence-corrected chi connectivity index (χ4v) is 4.00. The zero-order valence-corrected chi connectivity index (χ0v) is 19.5. The molecule has 2 atom stereocenters. The Bertz CT molecular complexity index is 1530. The largest absolute Gasteiger partial charge is 0.431 e. The third-order valence-electron chi connectivity index (χ3n) is 5.36.